The molecule has 0 spiro atoms. The maximum Gasteiger partial charge on any atom is 0.267 e. The number of halogens is 1. The predicted octanol–water partition coefficient (Wildman–Crippen LogP) is 3.61. The van der Waals surface area contributed by atoms with Crippen LogP contribution < -0.4 is 19.1 Å². The molecule has 3 aromatic carbocycles. The maximum absolute atomic E-state index is 12.8. The first-order valence-electron chi connectivity index (χ1n) is 10.4. The second-order valence-electron chi connectivity index (χ2n) is 7.95. The zero-order valence-corrected chi connectivity index (χ0v) is 21.1. The first-order valence-corrected chi connectivity index (χ1v) is 14.1. The number of carbonyl (C=O) groups excluding carboxylic acids is 1. The zero-order chi connectivity index (χ0) is 25.4. The molecule has 0 unspecified atom stereocenters. The number of aryl methyl sites for hydroxylation is 1. The van der Waals surface area contributed by atoms with Gasteiger partial charge in [0, 0.05) is 10.7 Å². The molecule has 9 nitrogen and oxygen atoms in total. The number of sulfonamides is 2. The first-order chi connectivity index (χ1) is 16.4. The topological polar surface area (TPSA) is 122 Å². The number of rotatable bonds is 6. The Morgan fingerprint density at radius 2 is 1.66 bits per heavy atom. The molecule has 0 radical (unpaired) electrons. The third-order valence-corrected chi connectivity index (χ3v) is 8.23. The molecule has 3 aromatic rings. The highest BCUT2D eigenvalue weighted by Gasteiger charge is 2.34. The number of para-hydroxylation sites is 2. The Bertz CT molecular complexity index is 1490. The number of fused-ring (bicyclic) bond motifs is 1. The van der Waals surface area contributed by atoms with E-state index in [0.29, 0.717) is 22.1 Å². The Hall–Kier alpha value is -3.28. The second-order valence-corrected chi connectivity index (χ2v) is 11.9. The van der Waals surface area contributed by atoms with Gasteiger partial charge in [-0.1, -0.05) is 29.8 Å². The summed E-state index contributed by atoms with van der Waals surface area (Å²) in [6.07, 6.45) is -0.0436. The minimum atomic E-state index is -3.89. The summed E-state index contributed by atoms with van der Waals surface area (Å²) in [5.74, 6) is -0.302. The number of carbonyl (C=O) groups is 1. The summed E-state index contributed by atoms with van der Waals surface area (Å²) in [5, 5.41) is 3.07. The summed E-state index contributed by atoms with van der Waals surface area (Å²) in [7, 11) is -7.53. The van der Waals surface area contributed by atoms with Crippen molar-refractivity contribution >= 4 is 54.6 Å². The van der Waals surface area contributed by atoms with Crippen molar-refractivity contribution in [3.63, 3.8) is 0 Å². The third kappa shape index (κ3) is 5.53. The van der Waals surface area contributed by atoms with Gasteiger partial charge in [-0.3, -0.25) is 13.8 Å². The Morgan fingerprint density at radius 3 is 2.31 bits per heavy atom. The highest BCUT2D eigenvalue weighted by molar-refractivity contribution is 7.92. The molecule has 0 aliphatic carbocycles. The molecule has 0 aromatic heterocycles. The van der Waals surface area contributed by atoms with E-state index in [4.69, 9.17) is 16.3 Å². The van der Waals surface area contributed by atoms with E-state index in [1.54, 1.807) is 36.4 Å². The van der Waals surface area contributed by atoms with Crippen molar-refractivity contribution in [2.45, 2.75) is 17.9 Å². The lowest BCUT2D eigenvalue weighted by Crippen LogP contribution is -2.48. The van der Waals surface area contributed by atoms with Crippen LogP contribution in [0.15, 0.2) is 71.6 Å². The van der Waals surface area contributed by atoms with Crippen LogP contribution in [0.2, 0.25) is 5.02 Å². The summed E-state index contributed by atoms with van der Waals surface area (Å²) in [5.41, 5.74) is 1.82. The van der Waals surface area contributed by atoms with Gasteiger partial charge in [-0.05, 0) is 61.0 Å². The quantitative estimate of drug-likeness (QED) is 0.497. The number of hydrogen-bond donors (Lipinski definition) is 2. The van der Waals surface area contributed by atoms with Crippen LogP contribution in [0.3, 0.4) is 0 Å². The Kier molecular flexibility index (Phi) is 6.67. The molecular weight excluding hydrogens is 514 g/mol. The van der Waals surface area contributed by atoms with Gasteiger partial charge in [0.25, 0.3) is 15.9 Å². The van der Waals surface area contributed by atoms with Crippen LogP contribution in [0.1, 0.15) is 5.56 Å². The van der Waals surface area contributed by atoms with Crippen LogP contribution in [0.5, 0.6) is 5.75 Å². The van der Waals surface area contributed by atoms with Crippen LogP contribution in [0.4, 0.5) is 17.1 Å². The third-order valence-electron chi connectivity index (χ3n) is 5.28. The molecule has 1 atom stereocenters. The number of nitrogens with one attached hydrogen (secondary N) is 2. The molecule has 1 aliphatic heterocycles. The van der Waals surface area contributed by atoms with E-state index >= 15 is 0 Å². The second kappa shape index (κ2) is 9.40. The molecule has 0 saturated heterocycles. The highest BCUT2D eigenvalue weighted by Crippen LogP contribution is 2.35. The number of ether oxygens (including phenoxy) is 1. The largest absolute Gasteiger partial charge is 0.476 e. The van der Waals surface area contributed by atoms with Crippen molar-refractivity contribution in [3.05, 3.63) is 77.3 Å². The van der Waals surface area contributed by atoms with E-state index in [1.165, 1.54) is 30.3 Å². The average molecular weight is 536 g/mol. The van der Waals surface area contributed by atoms with Crippen molar-refractivity contribution in [3.8, 4) is 5.75 Å². The number of nitrogens with zero attached hydrogens (tertiary/aromatic N) is 1. The van der Waals surface area contributed by atoms with Crippen molar-refractivity contribution in [1.29, 1.82) is 0 Å². The summed E-state index contributed by atoms with van der Waals surface area (Å²) in [6, 6.07) is 16.9. The summed E-state index contributed by atoms with van der Waals surface area (Å²) in [4.78, 5) is 12.8. The SMILES string of the molecule is Cc1ccc(NS(=O)(=O)c2ccc(NC(=O)[C@H]3CN(S(C)(=O)=O)c4ccccc4O3)cc2)cc1Cl. The lowest BCUT2D eigenvalue weighted by molar-refractivity contribution is -0.122. The van der Waals surface area contributed by atoms with Gasteiger partial charge in [0.2, 0.25) is 10.0 Å². The fourth-order valence-electron chi connectivity index (χ4n) is 3.46. The fourth-order valence-corrected chi connectivity index (χ4v) is 5.61. The number of amides is 1. The zero-order valence-electron chi connectivity index (χ0n) is 18.7. The van der Waals surface area contributed by atoms with Crippen molar-refractivity contribution in [2.24, 2.45) is 0 Å². The maximum atomic E-state index is 12.8. The standard InChI is InChI=1S/C23H22ClN3O6S2/c1-15-7-8-17(13-19(15)24)26-35(31,32)18-11-9-16(10-12-18)25-23(28)22-14-27(34(2,29)30)20-5-3-4-6-21(20)33-22/h3-13,22,26H,14H2,1-2H3,(H,25,28)/t22-/m1/s1. The smallest absolute Gasteiger partial charge is 0.267 e. The first kappa shape index (κ1) is 24.8. The molecule has 184 valence electrons. The molecule has 0 fully saturated rings. The molecule has 1 heterocycles. The molecule has 2 N–H and O–H groups in total. The molecule has 1 amide bonds. The molecule has 35 heavy (non-hydrogen) atoms. The van der Waals surface area contributed by atoms with Gasteiger partial charge in [0.1, 0.15) is 5.75 Å². The van der Waals surface area contributed by atoms with Crippen LogP contribution >= 0.6 is 11.6 Å². The fraction of sp³-hybridized carbons (Fsp3) is 0.174. The van der Waals surface area contributed by atoms with E-state index in [0.717, 1.165) is 16.1 Å². The average Bonchev–Trinajstić information content (AvgIpc) is 2.80. The Morgan fingerprint density at radius 1 is 1.00 bits per heavy atom. The Labute approximate surface area is 208 Å². The minimum absolute atomic E-state index is 0.0155. The minimum Gasteiger partial charge on any atom is -0.476 e. The van der Waals surface area contributed by atoms with Gasteiger partial charge in [0.15, 0.2) is 6.10 Å². The van der Waals surface area contributed by atoms with Crippen LogP contribution in [-0.4, -0.2) is 41.6 Å². The van der Waals surface area contributed by atoms with Gasteiger partial charge < -0.3 is 10.1 Å². The van der Waals surface area contributed by atoms with Crippen molar-refractivity contribution < 1.29 is 26.4 Å². The summed E-state index contributed by atoms with van der Waals surface area (Å²) < 4.78 is 59.2. The Balaban J connectivity index is 1.47. The molecule has 0 bridgehead atoms. The van der Waals surface area contributed by atoms with E-state index in [-0.39, 0.29) is 17.2 Å². The lowest BCUT2D eigenvalue weighted by Gasteiger charge is -2.33. The molecule has 1 aliphatic rings. The highest BCUT2D eigenvalue weighted by atomic mass is 35.5. The van der Waals surface area contributed by atoms with E-state index in [1.807, 2.05) is 6.92 Å². The van der Waals surface area contributed by atoms with E-state index in [2.05, 4.69) is 10.0 Å². The van der Waals surface area contributed by atoms with Gasteiger partial charge in [0.05, 0.1) is 29.1 Å². The number of hydrogen-bond acceptors (Lipinski definition) is 6. The summed E-state index contributed by atoms with van der Waals surface area (Å²) in [6.45, 7) is 1.61. The van der Waals surface area contributed by atoms with Crippen LogP contribution in [0, 0.1) is 6.92 Å². The van der Waals surface area contributed by atoms with Crippen LogP contribution in [0.25, 0.3) is 0 Å². The number of anilines is 3. The van der Waals surface area contributed by atoms with Crippen molar-refractivity contribution in [2.75, 3.05) is 27.1 Å². The monoisotopic (exact) mass is 535 g/mol. The van der Waals surface area contributed by atoms with Crippen molar-refractivity contribution in [1.82, 2.24) is 0 Å². The molecule has 12 heteroatoms. The van der Waals surface area contributed by atoms with Crippen LogP contribution in [-0.2, 0) is 24.8 Å². The van der Waals surface area contributed by atoms with Gasteiger partial charge in [-0.25, -0.2) is 16.8 Å². The van der Waals surface area contributed by atoms with E-state index in [9.17, 15) is 21.6 Å². The van der Waals surface area contributed by atoms with Gasteiger partial charge in [-0.15, -0.1) is 0 Å². The predicted molar refractivity (Wildman–Crippen MR) is 135 cm³/mol. The molecule has 0 saturated carbocycles. The van der Waals surface area contributed by atoms with E-state index < -0.39 is 32.1 Å². The van der Waals surface area contributed by atoms with Gasteiger partial charge >= 0.3 is 0 Å². The lowest BCUT2D eigenvalue weighted by atomic mass is 10.2. The van der Waals surface area contributed by atoms with Gasteiger partial charge in [-0.2, -0.15) is 0 Å². The molecular formula is C23H22ClN3O6S2. The summed E-state index contributed by atoms with van der Waals surface area (Å²) >= 11 is 6.06. The molecule has 4 rings (SSSR count). The normalized spacial score (nSPS) is 15.6. The number of benzene rings is 3.